The molecule has 4 atom stereocenters. The lowest BCUT2D eigenvalue weighted by atomic mass is 10.2. The van der Waals surface area contributed by atoms with E-state index >= 15 is 0 Å². The molecule has 13 heteroatoms. The van der Waals surface area contributed by atoms with Crippen LogP contribution in [-0.2, 0) is 18.7 Å². The van der Waals surface area contributed by atoms with E-state index in [-0.39, 0.29) is 31.3 Å². The van der Waals surface area contributed by atoms with Gasteiger partial charge in [-0.05, 0) is 12.8 Å². The fourth-order valence-corrected chi connectivity index (χ4v) is 2.52. The number of carboxylic acid groups (broad SMARTS) is 2. The number of carbonyl (C=O) groups is 2. The molecule has 0 amide bonds. The summed E-state index contributed by atoms with van der Waals surface area (Å²) in [5, 5.41) is 16.6. The van der Waals surface area contributed by atoms with E-state index in [0.717, 1.165) is 0 Å². The van der Waals surface area contributed by atoms with Gasteiger partial charge in [-0.2, -0.15) is 0 Å². The minimum atomic E-state index is -3.10. The van der Waals surface area contributed by atoms with Crippen LogP contribution in [0.25, 0.3) is 0 Å². The largest absolute Gasteiger partial charge is 0.480 e. The summed E-state index contributed by atoms with van der Waals surface area (Å²) in [6.07, 6.45) is 0.000154. The maximum absolute atomic E-state index is 10.6. The molecule has 0 aromatic rings. The van der Waals surface area contributed by atoms with E-state index in [1.54, 1.807) is 0 Å². The molecular weight excluding hydrogens is 352 g/mol. The monoisotopic (exact) mass is 379 g/mol. The zero-order valence-electron chi connectivity index (χ0n) is 13.2. The van der Waals surface area contributed by atoms with Gasteiger partial charge in [0.25, 0.3) is 0 Å². The van der Waals surface area contributed by atoms with Crippen molar-refractivity contribution in [2.24, 2.45) is 11.5 Å². The van der Waals surface area contributed by atoms with Crippen LogP contribution in [-0.4, -0.2) is 69.7 Å². The fourth-order valence-electron chi connectivity index (χ4n) is 1.00. The van der Waals surface area contributed by atoms with Crippen LogP contribution in [0.3, 0.4) is 0 Å². The van der Waals surface area contributed by atoms with Crippen molar-refractivity contribution in [3.8, 4) is 0 Å². The molecule has 0 aliphatic heterocycles. The van der Waals surface area contributed by atoms with Crippen LogP contribution in [0.1, 0.15) is 12.8 Å². The van der Waals surface area contributed by atoms with E-state index in [4.69, 9.17) is 31.5 Å². The average molecular weight is 379 g/mol. The number of carboxylic acids is 2. The van der Waals surface area contributed by atoms with E-state index in [0.29, 0.717) is 0 Å². The number of rotatable bonds is 8. The lowest BCUT2D eigenvalue weighted by Gasteiger charge is -2.07. The molecule has 11 N–H and O–H groups in total. The Morgan fingerprint density at radius 2 is 1.09 bits per heavy atom. The Morgan fingerprint density at radius 3 is 1.22 bits per heavy atom. The highest BCUT2D eigenvalue weighted by atomic mass is 31.2. The first-order valence-electron chi connectivity index (χ1n) is 6.21. The molecule has 0 radical (unpaired) electrons. The first-order chi connectivity index (χ1) is 9.65. The Hall–Kier alpha value is -0.800. The quantitative estimate of drug-likeness (QED) is 0.266. The van der Waals surface area contributed by atoms with Crippen LogP contribution in [0.15, 0.2) is 0 Å². The second kappa shape index (κ2) is 11.7. The second-order valence-electron chi connectivity index (χ2n) is 5.02. The summed E-state index contributed by atoms with van der Waals surface area (Å²) in [6.45, 7) is 2.36. The number of hydrogen-bond donors (Lipinski definition) is 7. The van der Waals surface area contributed by atoms with Crippen LogP contribution in [0.5, 0.6) is 0 Å². The predicted octanol–water partition coefficient (Wildman–Crippen LogP) is -0.461. The highest BCUT2D eigenvalue weighted by Crippen LogP contribution is 2.36. The van der Waals surface area contributed by atoms with Gasteiger partial charge in [0.2, 0.25) is 0 Å². The van der Waals surface area contributed by atoms with Crippen molar-refractivity contribution in [1.29, 1.82) is 0 Å². The van der Waals surface area contributed by atoms with Crippen molar-refractivity contribution in [2.75, 3.05) is 25.7 Å². The van der Waals surface area contributed by atoms with Crippen LogP contribution < -0.4 is 17.6 Å². The van der Waals surface area contributed by atoms with Gasteiger partial charge < -0.3 is 37.6 Å². The van der Waals surface area contributed by atoms with E-state index in [1.807, 2.05) is 0 Å². The summed E-state index contributed by atoms with van der Waals surface area (Å²) >= 11 is 0. The predicted molar refractivity (Wildman–Crippen MR) is 86.7 cm³/mol. The van der Waals surface area contributed by atoms with Crippen molar-refractivity contribution in [1.82, 2.24) is 6.15 Å². The third-order valence-electron chi connectivity index (χ3n) is 2.34. The van der Waals surface area contributed by atoms with Crippen molar-refractivity contribution in [3.05, 3.63) is 0 Å². The lowest BCUT2D eigenvalue weighted by Crippen LogP contribution is -2.30. The smallest absolute Gasteiger partial charge is 0.320 e. The third-order valence-corrected chi connectivity index (χ3v) is 4.52. The maximum Gasteiger partial charge on any atom is 0.320 e. The molecule has 0 aliphatic rings. The van der Waals surface area contributed by atoms with E-state index in [9.17, 15) is 18.7 Å². The minimum Gasteiger partial charge on any atom is -0.480 e. The van der Waals surface area contributed by atoms with Gasteiger partial charge >= 0.3 is 11.9 Å². The van der Waals surface area contributed by atoms with E-state index in [1.165, 1.54) is 13.3 Å². The summed E-state index contributed by atoms with van der Waals surface area (Å²) in [4.78, 5) is 37.8. The molecule has 0 rings (SSSR count). The van der Waals surface area contributed by atoms with Gasteiger partial charge in [-0.25, -0.2) is 0 Å². The van der Waals surface area contributed by atoms with Gasteiger partial charge in [-0.15, -0.1) is 0 Å². The molecule has 23 heavy (non-hydrogen) atoms. The van der Waals surface area contributed by atoms with Gasteiger partial charge in [0, 0.05) is 25.7 Å². The molecule has 0 aliphatic carbocycles. The number of nitrogens with two attached hydrogens (primary N) is 2. The van der Waals surface area contributed by atoms with Crippen molar-refractivity contribution in [2.45, 2.75) is 24.9 Å². The first-order valence-corrected chi connectivity index (χ1v) is 10.8. The summed E-state index contributed by atoms with van der Waals surface area (Å²) in [5.74, 6) is -2.28. The zero-order valence-corrected chi connectivity index (χ0v) is 15.0. The Bertz CT molecular complexity index is 419. The topological polar surface area (TPSA) is 236 Å². The van der Waals surface area contributed by atoms with Gasteiger partial charge in [0.05, 0.1) is 0 Å². The molecule has 140 valence electrons. The van der Waals surface area contributed by atoms with Crippen LogP contribution in [0.4, 0.5) is 0 Å². The standard InChI is InChI=1S/2C5H12NO4P.H3N/c2*1-11(9,10)3-2-4(6)5(7)8;/h2*4H,2-3,6H2,1H3,(H,7,8)(H,9,10);1H3/t4-;;/m0../s1. The molecule has 3 unspecified atom stereocenters. The maximum atomic E-state index is 10.6. The summed E-state index contributed by atoms with van der Waals surface area (Å²) in [6, 6.07) is -2.06. The van der Waals surface area contributed by atoms with Crippen LogP contribution >= 0.6 is 14.7 Å². The van der Waals surface area contributed by atoms with E-state index in [2.05, 4.69) is 0 Å². The molecule has 0 fully saturated rings. The molecule has 0 saturated carbocycles. The lowest BCUT2D eigenvalue weighted by molar-refractivity contribution is -0.139. The third kappa shape index (κ3) is 21.2. The van der Waals surface area contributed by atoms with Crippen LogP contribution in [0.2, 0.25) is 0 Å². The molecule has 0 aromatic carbocycles. The van der Waals surface area contributed by atoms with Gasteiger partial charge in [0.15, 0.2) is 14.7 Å². The second-order valence-corrected chi connectivity index (χ2v) is 10.1. The molecule has 0 heterocycles. The molecule has 0 aromatic heterocycles. The highest BCUT2D eigenvalue weighted by Gasteiger charge is 2.17. The van der Waals surface area contributed by atoms with Gasteiger partial charge in [0.1, 0.15) is 12.1 Å². The van der Waals surface area contributed by atoms with Gasteiger partial charge in [-0.1, -0.05) is 0 Å². The highest BCUT2D eigenvalue weighted by molar-refractivity contribution is 7.57. The average Bonchev–Trinajstić information content (AvgIpc) is 2.31. The fraction of sp³-hybridized carbons (Fsp3) is 0.800. The summed E-state index contributed by atoms with van der Waals surface area (Å²) < 4.78 is 21.3. The van der Waals surface area contributed by atoms with E-state index < -0.39 is 38.8 Å². The Kier molecular flexibility index (Phi) is 13.8. The summed E-state index contributed by atoms with van der Waals surface area (Å²) in [5.41, 5.74) is 10.2. The SMILES string of the molecule is CP(=O)(O)CCC(N)C(=O)O.CP(=O)(O)CC[C@H](N)C(=O)O.N. The molecule has 0 bridgehead atoms. The Balaban J connectivity index is -0.000000333. The van der Waals surface area contributed by atoms with Crippen molar-refractivity contribution in [3.63, 3.8) is 0 Å². The van der Waals surface area contributed by atoms with Crippen molar-refractivity contribution < 1.29 is 38.7 Å². The normalized spacial score (nSPS) is 18.0. The van der Waals surface area contributed by atoms with Gasteiger partial charge in [-0.3, -0.25) is 18.7 Å². The molecule has 11 nitrogen and oxygen atoms in total. The number of hydrogen-bond acceptors (Lipinski definition) is 7. The first kappa shape index (κ1) is 27.1. The number of aliphatic carboxylic acids is 2. The summed E-state index contributed by atoms with van der Waals surface area (Å²) in [7, 11) is -6.21. The molecular formula is C10H27N3O8P2. The molecule has 0 saturated heterocycles. The Morgan fingerprint density at radius 1 is 0.870 bits per heavy atom. The zero-order chi connectivity index (χ0) is 18.1. The Labute approximate surface area is 134 Å². The molecule has 0 spiro atoms. The minimum absolute atomic E-state index is 0. The van der Waals surface area contributed by atoms with Crippen LogP contribution in [0, 0.1) is 0 Å². The van der Waals surface area contributed by atoms with Crippen molar-refractivity contribution >= 4 is 26.7 Å².